The third-order valence-corrected chi connectivity index (χ3v) is 2.80. The molecule has 0 unspecified atom stereocenters. The van der Waals surface area contributed by atoms with Crippen LogP contribution in [0.1, 0.15) is 31.2 Å². The number of allylic oxidation sites excluding steroid dienone is 1. The van der Waals surface area contributed by atoms with Gasteiger partial charge in [-0.05, 0) is 43.9 Å². The summed E-state index contributed by atoms with van der Waals surface area (Å²) in [7, 11) is 1.65. The Balaban J connectivity index is 2.39. The lowest BCUT2D eigenvalue weighted by atomic mass is 10.2. The highest BCUT2D eigenvalue weighted by Crippen LogP contribution is 2.24. The maximum absolute atomic E-state index is 5.75. The largest absolute Gasteiger partial charge is 0.497 e. The average molecular weight is 249 g/mol. The molecule has 0 aliphatic heterocycles. The quantitative estimate of drug-likeness (QED) is 0.539. The SMILES string of the molecule is C=CCCCCCOc1ccc(OC)cc1CN. The van der Waals surface area contributed by atoms with E-state index in [2.05, 4.69) is 6.58 Å². The molecule has 1 rings (SSSR count). The molecule has 0 bridgehead atoms. The molecule has 0 aliphatic rings. The molecular formula is C15H23NO2. The highest BCUT2D eigenvalue weighted by molar-refractivity contribution is 5.40. The normalized spacial score (nSPS) is 10.1. The van der Waals surface area contributed by atoms with Gasteiger partial charge < -0.3 is 15.2 Å². The molecule has 0 saturated carbocycles. The Morgan fingerprint density at radius 3 is 2.78 bits per heavy atom. The average Bonchev–Trinajstić information content (AvgIpc) is 2.42. The maximum Gasteiger partial charge on any atom is 0.124 e. The van der Waals surface area contributed by atoms with Gasteiger partial charge in [-0.15, -0.1) is 6.58 Å². The Morgan fingerprint density at radius 2 is 2.11 bits per heavy atom. The van der Waals surface area contributed by atoms with Crippen molar-refractivity contribution in [3.8, 4) is 11.5 Å². The third-order valence-electron chi connectivity index (χ3n) is 2.80. The zero-order valence-electron chi connectivity index (χ0n) is 11.2. The van der Waals surface area contributed by atoms with Crippen molar-refractivity contribution >= 4 is 0 Å². The number of rotatable bonds is 9. The minimum Gasteiger partial charge on any atom is -0.497 e. The summed E-state index contributed by atoms with van der Waals surface area (Å²) in [5.41, 5.74) is 6.68. The van der Waals surface area contributed by atoms with Gasteiger partial charge in [0, 0.05) is 12.1 Å². The topological polar surface area (TPSA) is 44.5 Å². The molecule has 3 heteroatoms. The van der Waals surface area contributed by atoms with Crippen LogP contribution in [0.5, 0.6) is 11.5 Å². The van der Waals surface area contributed by atoms with Gasteiger partial charge in [0.15, 0.2) is 0 Å². The number of ether oxygens (including phenoxy) is 2. The Labute approximate surface area is 110 Å². The Kier molecular flexibility index (Phi) is 6.96. The summed E-state index contributed by atoms with van der Waals surface area (Å²) in [4.78, 5) is 0. The monoisotopic (exact) mass is 249 g/mol. The molecule has 1 aromatic rings. The van der Waals surface area contributed by atoms with Gasteiger partial charge in [-0.25, -0.2) is 0 Å². The minimum atomic E-state index is 0.461. The molecule has 18 heavy (non-hydrogen) atoms. The molecule has 100 valence electrons. The molecule has 0 aliphatic carbocycles. The van der Waals surface area contributed by atoms with Crippen molar-refractivity contribution in [2.24, 2.45) is 5.73 Å². The lowest BCUT2D eigenvalue weighted by molar-refractivity contribution is 0.301. The zero-order valence-corrected chi connectivity index (χ0v) is 11.2. The van der Waals surface area contributed by atoms with Crippen molar-refractivity contribution in [3.63, 3.8) is 0 Å². The van der Waals surface area contributed by atoms with E-state index in [0.717, 1.165) is 36.5 Å². The van der Waals surface area contributed by atoms with E-state index in [4.69, 9.17) is 15.2 Å². The first-order chi connectivity index (χ1) is 8.81. The molecule has 0 amide bonds. The molecule has 3 nitrogen and oxygen atoms in total. The predicted octanol–water partition coefficient (Wildman–Crippen LogP) is 3.28. The maximum atomic E-state index is 5.75. The summed E-state index contributed by atoms with van der Waals surface area (Å²) in [5.74, 6) is 1.68. The summed E-state index contributed by atoms with van der Waals surface area (Å²) in [6, 6.07) is 5.74. The molecule has 0 fully saturated rings. The Morgan fingerprint density at radius 1 is 1.28 bits per heavy atom. The van der Waals surface area contributed by atoms with Crippen molar-refractivity contribution in [3.05, 3.63) is 36.4 Å². The molecule has 0 heterocycles. The van der Waals surface area contributed by atoms with E-state index in [9.17, 15) is 0 Å². The van der Waals surface area contributed by atoms with Gasteiger partial charge in [-0.3, -0.25) is 0 Å². The van der Waals surface area contributed by atoms with Gasteiger partial charge >= 0.3 is 0 Å². The second-order valence-electron chi connectivity index (χ2n) is 4.16. The van der Waals surface area contributed by atoms with Crippen LogP contribution in [-0.2, 0) is 6.54 Å². The van der Waals surface area contributed by atoms with Gasteiger partial charge in [0.25, 0.3) is 0 Å². The fraction of sp³-hybridized carbons (Fsp3) is 0.467. The van der Waals surface area contributed by atoms with E-state index < -0.39 is 0 Å². The van der Waals surface area contributed by atoms with Crippen LogP contribution in [0.3, 0.4) is 0 Å². The van der Waals surface area contributed by atoms with Crippen molar-refractivity contribution < 1.29 is 9.47 Å². The molecule has 0 atom stereocenters. The highest BCUT2D eigenvalue weighted by atomic mass is 16.5. The minimum absolute atomic E-state index is 0.461. The van der Waals surface area contributed by atoms with Crippen molar-refractivity contribution in [2.75, 3.05) is 13.7 Å². The second kappa shape index (κ2) is 8.59. The fourth-order valence-corrected chi connectivity index (χ4v) is 1.73. The molecule has 0 aromatic heterocycles. The summed E-state index contributed by atoms with van der Waals surface area (Å²) in [6.07, 6.45) is 6.44. The van der Waals surface area contributed by atoms with Crippen molar-refractivity contribution in [2.45, 2.75) is 32.2 Å². The Hall–Kier alpha value is -1.48. The number of unbranched alkanes of at least 4 members (excludes halogenated alkanes) is 3. The van der Waals surface area contributed by atoms with E-state index in [1.807, 2.05) is 24.3 Å². The lowest BCUT2D eigenvalue weighted by Crippen LogP contribution is -2.04. The van der Waals surface area contributed by atoms with Crippen LogP contribution in [0.2, 0.25) is 0 Å². The van der Waals surface area contributed by atoms with Crippen molar-refractivity contribution in [1.82, 2.24) is 0 Å². The van der Waals surface area contributed by atoms with E-state index in [1.54, 1.807) is 7.11 Å². The molecular weight excluding hydrogens is 226 g/mol. The number of benzene rings is 1. The molecule has 0 radical (unpaired) electrons. The fourth-order valence-electron chi connectivity index (χ4n) is 1.73. The number of hydrogen-bond acceptors (Lipinski definition) is 3. The molecule has 1 aromatic carbocycles. The number of methoxy groups -OCH3 is 1. The predicted molar refractivity (Wildman–Crippen MR) is 75.0 cm³/mol. The van der Waals surface area contributed by atoms with Crippen LogP contribution in [0.25, 0.3) is 0 Å². The first kappa shape index (κ1) is 14.6. The molecule has 2 N–H and O–H groups in total. The standard InChI is InChI=1S/C15H23NO2/c1-3-4-5-6-7-10-18-15-9-8-14(17-2)11-13(15)12-16/h3,8-9,11H,1,4-7,10,12,16H2,2H3. The van der Waals surface area contributed by atoms with Crippen LogP contribution in [0.4, 0.5) is 0 Å². The van der Waals surface area contributed by atoms with Crippen LogP contribution >= 0.6 is 0 Å². The first-order valence-electron chi connectivity index (χ1n) is 6.42. The summed E-state index contributed by atoms with van der Waals surface area (Å²) < 4.78 is 10.9. The van der Waals surface area contributed by atoms with Crippen molar-refractivity contribution in [1.29, 1.82) is 0 Å². The first-order valence-corrected chi connectivity index (χ1v) is 6.42. The smallest absolute Gasteiger partial charge is 0.124 e. The van der Waals surface area contributed by atoms with E-state index >= 15 is 0 Å². The summed E-state index contributed by atoms with van der Waals surface area (Å²) in [6.45, 7) is 4.90. The van der Waals surface area contributed by atoms with Gasteiger partial charge in [-0.1, -0.05) is 6.08 Å². The van der Waals surface area contributed by atoms with Crippen LogP contribution in [0.15, 0.2) is 30.9 Å². The second-order valence-corrected chi connectivity index (χ2v) is 4.16. The van der Waals surface area contributed by atoms with Gasteiger partial charge in [-0.2, -0.15) is 0 Å². The number of hydrogen-bond donors (Lipinski definition) is 1. The summed E-state index contributed by atoms with van der Waals surface area (Å²) >= 11 is 0. The van der Waals surface area contributed by atoms with E-state index in [1.165, 1.54) is 12.8 Å². The van der Waals surface area contributed by atoms with Gasteiger partial charge in [0.05, 0.1) is 13.7 Å². The lowest BCUT2D eigenvalue weighted by Gasteiger charge is -2.11. The Bertz CT molecular complexity index is 364. The van der Waals surface area contributed by atoms with Crippen LogP contribution in [0, 0.1) is 0 Å². The van der Waals surface area contributed by atoms with E-state index in [-0.39, 0.29) is 0 Å². The molecule has 0 saturated heterocycles. The third kappa shape index (κ3) is 4.80. The zero-order chi connectivity index (χ0) is 13.2. The van der Waals surface area contributed by atoms with Gasteiger partial charge in [0.1, 0.15) is 11.5 Å². The summed E-state index contributed by atoms with van der Waals surface area (Å²) in [5, 5.41) is 0. The van der Waals surface area contributed by atoms with Gasteiger partial charge in [0.2, 0.25) is 0 Å². The molecule has 0 spiro atoms. The number of nitrogens with two attached hydrogens (primary N) is 1. The van der Waals surface area contributed by atoms with Crippen LogP contribution in [-0.4, -0.2) is 13.7 Å². The van der Waals surface area contributed by atoms with E-state index in [0.29, 0.717) is 6.54 Å². The highest BCUT2D eigenvalue weighted by Gasteiger charge is 2.04. The van der Waals surface area contributed by atoms with Crippen LogP contribution < -0.4 is 15.2 Å².